The third-order valence-electron chi connectivity index (χ3n) is 2.32. The number of nitrogens with one attached hydrogen (secondary N) is 1. The highest BCUT2D eigenvalue weighted by Crippen LogP contribution is 2.26. The third-order valence-corrected chi connectivity index (χ3v) is 5.45. The second-order valence-electron chi connectivity index (χ2n) is 3.78. The Bertz CT molecular complexity index is 631. The summed E-state index contributed by atoms with van der Waals surface area (Å²) in [5, 5.41) is 0.235. The van der Waals surface area contributed by atoms with E-state index in [0.29, 0.717) is 11.5 Å². The molecule has 0 aliphatic rings. The van der Waals surface area contributed by atoms with E-state index in [1.807, 2.05) is 0 Å². The molecule has 6 nitrogen and oxygen atoms in total. The van der Waals surface area contributed by atoms with Crippen molar-refractivity contribution in [1.29, 1.82) is 0 Å². The minimum Gasteiger partial charge on any atom is -0.468 e. The Balaban J connectivity index is 2.25. The molecule has 0 spiro atoms. The first-order valence-corrected chi connectivity index (χ1v) is 7.49. The summed E-state index contributed by atoms with van der Waals surface area (Å²) in [6.07, 6.45) is 1.50. The number of nitrogens with two attached hydrogens (primary N) is 1. The molecular weight excluding hydrogens is 274 g/mol. The van der Waals surface area contributed by atoms with Crippen LogP contribution in [0.2, 0.25) is 0 Å². The summed E-state index contributed by atoms with van der Waals surface area (Å²) in [6.45, 7) is 3.31. The molecule has 18 heavy (non-hydrogen) atoms. The van der Waals surface area contributed by atoms with Crippen molar-refractivity contribution in [3.8, 4) is 0 Å². The van der Waals surface area contributed by atoms with E-state index in [-0.39, 0.29) is 9.34 Å². The summed E-state index contributed by atoms with van der Waals surface area (Å²) < 4.78 is 32.1. The van der Waals surface area contributed by atoms with Crippen molar-refractivity contribution in [1.82, 2.24) is 9.71 Å². The van der Waals surface area contributed by atoms with Crippen LogP contribution in [0.25, 0.3) is 0 Å². The molecule has 0 fully saturated rings. The maximum absolute atomic E-state index is 12.1. The molecule has 0 saturated heterocycles. The van der Waals surface area contributed by atoms with E-state index in [9.17, 15) is 8.42 Å². The molecule has 0 saturated carbocycles. The zero-order valence-electron chi connectivity index (χ0n) is 9.88. The van der Waals surface area contributed by atoms with Crippen LogP contribution >= 0.6 is 11.3 Å². The fraction of sp³-hybridized carbons (Fsp3) is 0.300. The first kappa shape index (κ1) is 13.1. The van der Waals surface area contributed by atoms with E-state index in [0.717, 1.165) is 11.3 Å². The lowest BCUT2D eigenvalue weighted by Crippen LogP contribution is -2.26. The Morgan fingerprint density at radius 3 is 2.78 bits per heavy atom. The SMILES string of the molecule is Cc1nc(N)sc1S(=O)(=O)NC(C)c1ccco1. The predicted molar refractivity (Wildman–Crippen MR) is 68.7 cm³/mol. The zero-order chi connectivity index (χ0) is 13.3. The fourth-order valence-corrected chi connectivity index (χ4v) is 4.06. The van der Waals surface area contributed by atoms with Crippen molar-refractivity contribution >= 4 is 26.5 Å². The summed E-state index contributed by atoms with van der Waals surface area (Å²) in [5.41, 5.74) is 5.90. The average Bonchev–Trinajstić information content (AvgIpc) is 2.86. The molecule has 0 radical (unpaired) electrons. The standard InChI is InChI=1S/C10H13N3O3S2/c1-6(8-4-3-5-16-8)13-18(14,15)9-7(2)12-10(11)17-9/h3-6,13H,1-2H3,(H2,11,12). The highest BCUT2D eigenvalue weighted by atomic mass is 32.2. The van der Waals surface area contributed by atoms with Crippen molar-refractivity contribution in [2.75, 3.05) is 5.73 Å². The molecule has 2 rings (SSSR count). The first-order valence-electron chi connectivity index (χ1n) is 5.19. The molecule has 2 aromatic heterocycles. The number of nitrogens with zero attached hydrogens (tertiary/aromatic N) is 1. The van der Waals surface area contributed by atoms with Crippen molar-refractivity contribution in [3.05, 3.63) is 29.9 Å². The Kier molecular flexibility index (Phi) is 3.42. The van der Waals surface area contributed by atoms with Crippen LogP contribution in [0.1, 0.15) is 24.4 Å². The van der Waals surface area contributed by atoms with Gasteiger partial charge in [0.2, 0.25) is 0 Å². The fourth-order valence-electron chi connectivity index (χ4n) is 1.53. The van der Waals surface area contributed by atoms with Gasteiger partial charge in [-0.05, 0) is 26.0 Å². The lowest BCUT2D eigenvalue weighted by molar-refractivity contribution is 0.459. The van der Waals surface area contributed by atoms with Gasteiger partial charge in [-0.1, -0.05) is 11.3 Å². The molecule has 98 valence electrons. The van der Waals surface area contributed by atoms with E-state index in [1.54, 1.807) is 26.0 Å². The Morgan fingerprint density at radius 1 is 1.56 bits per heavy atom. The lowest BCUT2D eigenvalue weighted by Gasteiger charge is -2.10. The van der Waals surface area contributed by atoms with Gasteiger partial charge in [0.25, 0.3) is 10.0 Å². The third kappa shape index (κ3) is 2.55. The maximum Gasteiger partial charge on any atom is 0.252 e. The van der Waals surface area contributed by atoms with Crippen LogP contribution in [0.5, 0.6) is 0 Å². The van der Waals surface area contributed by atoms with E-state index in [2.05, 4.69) is 9.71 Å². The minimum absolute atomic E-state index is 0.137. The number of nitrogen functional groups attached to an aromatic ring is 1. The summed E-state index contributed by atoms with van der Waals surface area (Å²) in [5.74, 6) is 0.550. The van der Waals surface area contributed by atoms with E-state index < -0.39 is 16.1 Å². The van der Waals surface area contributed by atoms with Crippen LogP contribution in [0.3, 0.4) is 0 Å². The normalized spacial score (nSPS) is 13.7. The van der Waals surface area contributed by atoms with Gasteiger partial charge >= 0.3 is 0 Å². The molecule has 0 aromatic carbocycles. The van der Waals surface area contributed by atoms with Gasteiger partial charge in [-0.15, -0.1) is 0 Å². The quantitative estimate of drug-likeness (QED) is 0.891. The molecule has 0 amide bonds. The van der Waals surface area contributed by atoms with Gasteiger partial charge in [0.15, 0.2) is 9.34 Å². The highest BCUT2D eigenvalue weighted by molar-refractivity contribution is 7.91. The summed E-state index contributed by atoms with van der Waals surface area (Å²) in [7, 11) is -3.63. The van der Waals surface area contributed by atoms with Crippen molar-refractivity contribution in [3.63, 3.8) is 0 Å². The van der Waals surface area contributed by atoms with Crippen LogP contribution in [-0.2, 0) is 10.0 Å². The minimum atomic E-state index is -3.63. The van der Waals surface area contributed by atoms with Crippen LogP contribution in [0.4, 0.5) is 5.13 Å². The second kappa shape index (κ2) is 4.71. The number of hydrogen-bond donors (Lipinski definition) is 2. The molecule has 8 heteroatoms. The molecule has 0 bridgehead atoms. The maximum atomic E-state index is 12.1. The predicted octanol–water partition coefficient (Wildman–Crippen LogP) is 1.67. The second-order valence-corrected chi connectivity index (χ2v) is 6.72. The van der Waals surface area contributed by atoms with Crippen molar-refractivity contribution < 1.29 is 12.8 Å². The van der Waals surface area contributed by atoms with Crippen molar-refractivity contribution in [2.45, 2.75) is 24.1 Å². The van der Waals surface area contributed by atoms with Crippen LogP contribution in [0, 0.1) is 6.92 Å². The number of anilines is 1. The van der Waals surface area contributed by atoms with E-state index in [1.165, 1.54) is 6.26 Å². The average molecular weight is 287 g/mol. The largest absolute Gasteiger partial charge is 0.468 e. The molecule has 1 unspecified atom stereocenters. The highest BCUT2D eigenvalue weighted by Gasteiger charge is 2.24. The summed E-state index contributed by atoms with van der Waals surface area (Å²) >= 11 is 0.946. The number of aromatic nitrogens is 1. The lowest BCUT2D eigenvalue weighted by atomic mass is 10.3. The van der Waals surface area contributed by atoms with Gasteiger partial charge < -0.3 is 10.2 Å². The van der Waals surface area contributed by atoms with Crippen molar-refractivity contribution in [2.24, 2.45) is 0 Å². The van der Waals surface area contributed by atoms with Gasteiger partial charge in [0, 0.05) is 0 Å². The number of aryl methyl sites for hydroxylation is 1. The molecule has 3 N–H and O–H groups in total. The van der Waals surface area contributed by atoms with Gasteiger partial charge in [-0.3, -0.25) is 0 Å². The van der Waals surface area contributed by atoms with Crippen LogP contribution in [0.15, 0.2) is 27.0 Å². The molecule has 0 aliphatic heterocycles. The molecule has 2 heterocycles. The Hall–Kier alpha value is -1.38. The molecule has 2 aromatic rings. The zero-order valence-corrected chi connectivity index (χ0v) is 11.5. The number of sulfonamides is 1. The number of hydrogen-bond acceptors (Lipinski definition) is 6. The van der Waals surface area contributed by atoms with Gasteiger partial charge in [-0.2, -0.15) is 4.72 Å². The smallest absolute Gasteiger partial charge is 0.252 e. The Labute approximate surface area is 109 Å². The van der Waals surface area contributed by atoms with Gasteiger partial charge in [0.05, 0.1) is 18.0 Å². The van der Waals surface area contributed by atoms with Crippen LogP contribution in [-0.4, -0.2) is 13.4 Å². The van der Waals surface area contributed by atoms with Gasteiger partial charge in [0.1, 0.15) is 5.76 Å². The number of rotatable bonds is 4. The molecular formula is C10H13N3O3S2. The molecule has 1 atom stereocenters. The summed E-state index contributed by atoms with van der Waals surface area (Å²) in [6, 6.07) is 2.96. The summed E-state index contributed by atoms with van der Waals surface area (Å²) in [4.78, 5) is 3.90. The Morgan fingerprint density at radius 2 is 2.28 bits per heavy atom. The number of thiazole rings is 1. The van der Waals surface area contributed by atoms with E-state index in [4.69, 9.17) is 10.2 Å². The topological polar surface area (TPSA) is 98.2 Å². The monoisotopic (exact) mass is 287 g/mol. The van der Waals surface area contributed by atoms with E-state index >= 15 is 0 Å². The van der Waals surface area contributed by atoms with Crippen LogP contribution < -0.4 is 10.5 Å². The number of furan rings is 1. The van der Waals surface area contributed by atoms with Gasteiger partial charge in [-0.25, -0.2) is 13.4 Å². The molecule has 0 aliphatic carbocycles. The first-order chi connectivity index (χ1) is 8.40.